The summed E-state index contributed by atoms with van der Waals surface area (Å²) >= 11 is 9.31. The zero-order valence-corrected chi connectivity index (χ0v) is 10.8. The molecule has 0 N–H and O–H groups in total. The Morgan fingerprint density at radius 3 is 2.94 bits per heavy atom. The summed E-state index contributed by atoms with van der Waals surface area (Å²) in [6, 6.07) is 5.41. The molecule has 0 saturated carbocycles. The van der Waals surface area contributed by atoms with Crippen molar-refractivity contribution in [2.75, 3.05) is 0 Å². The maximum Gasteiger partial charge on any atom is 0.307 e. The third-order valence-electron chi connectivity index (χ3n) is 1.91. The first-order valence-electron chi connectivity index (χ1n) is 4.67. The van der Waals surface area contributed by atoms with Gasteiger partial charge in [-0.25, -0.2) is 0 Å². The number of esters is 1. The molecule has 0 spiro atoms. The van der Waals surface area contributed by atoms with Crippen molar-refractivity contribution in [3.63, 3.8) is 0 Å². The molecule has 0 saturated heterocycles. The van der Waals surface area contributed by atoms with Gasteiger partial charge in [0.2, 0.25) is 0 Å². The summed E-state index contributed by atoms with van der Waals surface area (Å²) in [4.78, 5) is 11.2. The molecule has 0 aliphatic carbocycles. The van der Waals surface area contributed by atoms with Gasteiger partial charge in [-0.2, -0.15) is 0 Å². The van der Waals surface area contributed by atoms with E-state index in [1.54, 1.807) is 6.07 Å². The van der Waals surface area contributed by atoms with Gasteiger partial charge in [0.05, 0.1) is 6.42 Å². The zero-order chi connectivity index (χ0) is 12.0. The minimum atomic E-state index is -0.315. The van der Waals surface area contributed by atoms with E-state index in [0.29, 0.717) is 11.4 Å². The number of terminal acetylenes is 1. The lowest BCUT2D eigenvalue weighted by Crippen LogP contribution is -2.04. The minimum absolute atomic E-state index is 0.156. The lowest BCUT2D eigenvalue weighted by atomic mass is 10.2. The minimum Gasteiger partial charge on any atom is -0.461 e. The molecule has 0 bridgehead atoms. The predicted octanol–water partition coefficient (Wildman–Crippen LogP) is 3.56. The predicted molar refractivity (Wildman–Crippen MR) is 67.0 cm³/mol. The molecule has 0 radical (unpaired) electrons. The number of ether oxygens (including phenoxy) is 1. The quantitative estimate of drug-likeness (QED) is 0.628. The molecule has 1 aromatic rings. The summed E-state index contributed by atoms with van der Waals surface area (Å²) in [5, 5.41) is 0.569. The van der Waals surface area contributed by atoms with Gasteiger partial charge in [0.1, 0.15) is 6.61 Å². The number of carbonyl (C=O) groups is 1. The van der Waals surface area contributed by atoms with Crippen molar-refractivity contribution in [3.05, 3.63) is 33.3 Å². The average molecular weight is 302 g/mol. The Hall–Kier alpha value is -0.980. The zero-order valence-electron chi connectivity index (χ0n) is 8.50. The van der Waals surface area contributed by atoms with E-state index in [9.17, 15) is 4.79 Å². The number of hydrogen-bond donors (Lipinski definition) is 0. The molecule has 0 fully saturated rings. The van der Waals surface area contributed by atoms with E-state index in [-0.39, 0.29) is 19.0 Å². The second-order valence-electron chi connectivity index (χ2n) is 3.07. The smallest absolute Gasteiger partial charge is 0.307 e. The van der Waals surface area contributed by atoms with Crippen molar-refractivity contribution < 1.29 is 9.53 Å². The lowest BCUT2D eigenvalue weighted by Gasteiger charge is -2.07. The van der Waals surface area contributed by atoms with E-state index in [4.69, 9.17) is 22.8 Å². The highest BCUT2D eigenvalue weighted by molar-refractivity contribution is 9.10. The molecule has 1 rings (SSSR count). The van der Waals surface area contributed by atoms with Gasteiger partial charge in [-0.1, -0.05) is 33.6 Å². The molecule has 0 aromatic heterocycles. The maximum absolute atomic E-state index is 11.2. The van der Waals surface area contributed by atoms with Crippen molar-refractivity contribution in [1.29, 1.82) is 0 Å². The van der Waals surface area contributed by atoms with Crippen molar-refractivity contribution in [3.8, 4) is 12.3 Å². The van der Waals surface area contributed by atoms with Crippen LogP contribution in [0.15, 0.2) is 22.7 Å². The molecular weight excluding hydrogens is 291 g/mol. The Labute approximate surface area is 108 Å². The van der Waals surface area contributed by atoms with Gasteiger partial charge in [-0.05, 0) is 12.1 Å². The van der Waals surface area contributed by atoms with Crippen LogP contribution in [0.5, 0.6) is 0 Å². The van der Waals surface area contributed by atoms with Crippen molar-refractivity contribution >= 4 is 33.5 Å². The van der Waals surface area contributed by atoms with Crippen LogP contribution in [0.2, 0.25) is 5.02 Å². The number of halogens is 2. The molecule has 0 unspecified atom stereocenters. The van der Waals surface area contributed by atoms with Gasteiger partial charge in [0.15, 0.2) is 0 Å². The number of hydrogen-bond acceptors (Lipinski definition) is 2. The Morgan fingerprint density at radius 2 is 2.31 bits per heavy atom. The molecule has 4 heteroatoms. The summed E-state index contributed by atoms with van der Waals surface area (Å²) in [6.07, 6.45) is 5.67. The number of rotatable bonds is 4. The van der Waals surface area contributed by atoms with Crippen LogP contribution in [0.25, 0.3) is 0 Å². The topological polar surface area (TPSA) is 26.3 Å². The largest absolute Gasteiger partial charge is 0.461 e. The average Bonchev–Trinajstić information content (AvgIpc) is 2.25. The third kappa shape index (κ3) is 3.88. The normalized spacial score (nSPS) is 9.56. The van der Waals surface area contributed by atoms with Crippen molar-refractivity contribution in [1.82, 2.24) is 0 Å². The molecule has 0 atom stereocenters. The van der Waals surface area contributed by atoms with Gasteiger partial charge in [-0.15, -0.1) is 12.3 Å². The summed E-state index contributed by atoms with van der Waals surface area (Å²) in [5.74, 6) is 2.07. The van der Waals surface area contributed by atoms with Crippen LogP contribution in [0.1, 0.15) is 18.4 Å². The van der Waals surface area contributed by atoms with Crippen LogP contribution in [0.3, 0.4) is 0 Å². The highest BCUT2D eigenvalue weighted by Gasteiger charge is 2.08. The van der Waals surface area contributed by atoms with E-state index in [2.05, 4.69) is 21.9 Å². The Morgan fingerprint density at radius 1 is 1.56 bits per heavy atom. The molecule has 84 valence electrons. The van der Waals surface area contributed by atoms with Gasteiger partial charge < -0.3 is 4.74 Å². The molecule has 16 heavy (non-hydrogen) atoms. The fraction of sp³-hybridized carbons (Fsp3) is 0.250. The first kappa shape index (κ1) is 13.1. The van der Waals surface area contributed by atoms with Gasteiger partial charge in [0.25, 0.3) is 0 Å². The van der Waals surface area contributed by atoms with Gasteiger partial charge in [0, 0.05) is 21.5 Å². The summed E-state index contributed by atoms with van der Waals surface area (Å²) < 4.78 is 5.87. The summed E-state index contributed by atoms with van der Waals surface area (Å²) in [7, 11) is 0. The van der Waals surface area contributed by atoms with E-state index >= 15 is 0 Å². The molecule has 0 aliphatic rings. The van der Waals surface area contributed by atoms with Crippen molar-refractivity contribution in [2.45, 2.75) is 19.4 Å². The van der Waals surface area contributed by atoms with E-state index in [1.807, 2.05) is 12.1 Å². The first-order valence-corrected chi connectivity index (χ1v) is 5.84. The Balaban J connectivity index is 2.55. The number of carbonyl (C=O) groups excluding carboxylic acids is 1. The molecule has 1 aromatic carbocycles. The van der Waals surface area contributed by atoms with Crippen LogP contribution in [0.4, 0.5) is 0 Å². The Bertz CT molecular complexity index is 403. The van der Waals surface area contributed by atoms with Crippen LogP contribution in [-0.4, -0.2) is 5.97 Å². The second-order valence-corrected chi connectivity index (χ2v) is 4.33. The van der Waals surface area contributed by atoms with E-state index < -0.39 is 0 Å². The molecule has 2 nitrogen and oxygen atoms in total. The van der Waals surface area contributed by atoms with E-state index in [1.165, 1.54) is 0 Å². The second kappa shape index (κ2) is 6.57. The maximum atomic E-state index is 11.2. The van der Waals surface area contributed by atoms with Gasteiger partial charge >= 0.3 is 5.97 Å². The number of benzene rings is 1. The monoisotopic (exact) mass is 300 g/mol. The van der Waals surface area contributed by atoms with Gasteiger partial charge in [-0.3, -0.25) is 4.79 Å². The molecule has 0 heterocycles. The Kier molecular flexibility index (Phi) is 5.37. The fourth-order valence-corrected chi connectivity index (χ4v) is 1.89. The SMILES string of the molecule is C#CCCC(=O)OCc1c(Cl)cccc1Br. The van der Waals surface area contributed by atoms with Crippen LogP contribution in [-0.2, 0) is 16.1 Å². The highest BCUT2D eigenvalue weighted by Crippen LogP contribution is 2.25. The van der Waals surface area contributed by atoms with Crippen LogP contribution < -0.4 is 0 Å². The molecule has 0 aliphatic heterocycles. The third-order valence-corrected chi connectivity index (χ3v) is 3.01. The lowest BCUT2D eigenvalue weighted by molar-refractivity contribution is -0.144. The fourth-order valence-electron chi connectivity index (χ4n) is 1.07. The standard InChI is InChI=1S/C12H10BrClO2/c1-2-3-7-12(15)16-8-9-10(13)5-4-6-11(9)14/h1,4-6H,3,7-8H2. The molecule has 0 amide bonds. The molecular formula is C12H10BrClO2. The summed E-state index contributed by atoms with van der Waals surface area (Å²) in [5.41, 5.74) is 0.762. The van der Waals surface area contributed by atoms with Crippen LogP contribution in [0, 0.1) is 12.3 Å². The van der Waals surface area contributed by atoms with Crippen LogP contribution >= 0.6 is 27.5 Å². The first-order chi connectivity index (χ1) is 7.65. The summed E-state index contributed by atoms with van der Waals surface area (Å²) in [6.45, 7) is 0.156. The van der Waals surface area contributed by atoms with Crippen molar-refractivity contribution in [2.24, 2.45) is 0 Å². The van der Waals surface area contributed by atoms with E-state index in [0.717, 1.165) is 10.0 Å². The highest BCUT2D eigenvalue weighted by atomic mass is 79.9.